The van der Waals surface area contributed by atoms with Gasteiger partial charge in [-0.25, -0.2) is 0 Å². The first-order chi connectivity index (χ1) is 9.52. The van der Waals surface area contributed by atoms with E-state index in [0.29, 0.717) is 19.0 Å². The van der Waals surface area contributed by atoms with E-state index in [2.05, 4.69) is 29.4 Å². The lowest BCUT2D eigenvalue weighted by Crippen LogP contribution is -2.50. The van der Waals surface area contributed by atoms with E-state index in [-0.39, 0.29) is 11.8 Å². The predicted molar refractivity (Wildman–Crippen MR) is 79.5 cm³/mol. The van der Waals surface area contributed by atoms with Crippen molar-refractivity contribution in [2.24, 2.45) is 0 Å². The average Bonchev–Trinajstić information content (AvgIpc) is 2.43. The lowest BCUT2D eigenvalue weighted by atomic mass is 10.2. The van der Waals surface area contributed by atoms with Crippen molar-refractivity contribution >= 4 is 11.8 Å². The Hall–Kier alpha value is -1.14. The van der Waals surface area contributed by atoms with E-state index in [9.17, 15) is 9.59 Å². The van der Waals surface area contributed by atoms with Crippen LogP contribution in [0.4, 0.5) is 0 Å². The summed E-state index contributed by atoms with van der Waals surface area (Å²) in [5.74, 6) is 0.264. The fourth-order valence-electron chi connectivity index (χ4n) is 2.23. The minimum Gasteiger partial charge on any atom is -0.358 e. The maximum Gasteiger partial charge on any atom is 0.233 e. The molecule has 6 heteroatoms. The summed E-state index contributed by atoms with van der Waals surface area (Å²) < 4.78 is 0. The van der Waals surface area contributed by atoms with Crippen molar-refractivity contribution in [1.29, 1.82) is 0 Å². The van der Waals surface area contributed by atoms with E-state index >= 15 is 0 Å². The van der Waals surface area contributed by atoms with Crippen molar-refractivity contribution in [2.75, 3.05) is 46.3 Å². The first-order valence-corrected chi connectivity index (χ1v) is 7.47. The quantitative estimate of drug-likeness (QED) is 0.628. The van der Waals surface area contributed by atoms with Gasteiger partial charge in [-0.3, -0.25) is 14.5 Å². The largest absolute Gasteiger partial charge is 0.358 e. The second kappa shape index (κ2) is 8.92. The van der Waals surface area contributed by atoms with Crippen LogP contribution >= 0.6 is 0 Å². The summed E-state index contributed by atoms with van der Waals surface area (Å²) in [6.07, 6.45) is 1.49. The number of amides is 2. The Bertz CT molecular complexity index is 312. The Labute approximate surface area is 121 Å². The van der Waals surface area contributed by atoms with E-state index in [1.54, 1.807) is 7.05 Å². The van der Waals surface area contributed by atoms with Gasteiger partial charge in [0.05, 0.1) is 6.54 Å². The van der Waals surface area contributed by atoms with Crippen LogP contribution in [0.25, 0.3) is 0 Å². The highest BCUT2D eigenvalue weighted by molar-refractivity contribution is 5.78. The lowest BCUT2D eigenvalue weighted by Gasteiger charge is -2.34. The molecule has 0 unspecified atom stereocenters. The Balaban J connectivity index is 2.17. The molecule has 0 radical (unpaired) electrons. The monoisotopic (exact) mass is 284 g/mol. The summed E-state index contributed by atoms with van der Waals surface area (Å²) in [7, 11) is 1.65. The van der Waals surface area contributed by atoms with Crippen molar-refractivity contribution in [3.05, 3.63) is 0 Å². The van der Waals surface area contributed by atoms with Crippen molar-refractivity contribution in [2.45, 2.75) is 32.7 Å². The summed E-state index contributed by atoms with van der Waals surface area (Å²) in [4.78, 5) is 27.3. The van der Waals surface area contributed by atoms with Gasteiger partial charge in [0.25, 0.3) is 0 Å². The lowest BCUT2D eigenvalue weighted by molar-refractivity contribution is -0.133. The van der Waals surface area contributed by atoms with Crippen LogP contribution < -0.4 is 10.6 Å². The molecule has 1 heterocycles. The highest BCUT2D eigenvalue weighted by Gasteiger charge is 2.21. The van der Waals surface area contributed by atoms with E-state index < -0.39 is 0 Å². The molecule has 116 valence electrons. The number of hydrogen-bond acceptors (Lipinski definition) is 4. The molecule has 1 aliphatic rings. The molecular formula is C14H28N4O2. The first kappa shape index (κ1) is 16.9. The maximum atomic E-state index is 12.0. The molecule has 1 aliphatic heterocycles. The fourth-order valence-corrected chi connectivity index (χ4v) is 2.23. The minimum atomic E-state index is 0.0320. The van der Waals surface area contributed by atoms with Gasteiger partial charge in [-0.15, -0.1) is 0 Å². The molecule has 1 saturated heterocycles. The van der Waals surface area contributed by atoms with E-state index in [4.69, 9.17) is 0 Å². The molecule has 0 aliphatic carbocycles. The number of rotatable bonds is 7. The molecule has 0 aromatic heterocycles. The van der Waals surface area contributed by atoms with Crippen LogP contribution in [-0.4, -0.2) is 74.0 Å². The topological polar surface area (TPSA) is 64.7 Å². The van der Waals surface area contributed by atoms with Crippen molar-refractivity contribution in [3.8, 4) is 0 Å². The number of hydrogen-bond donors (Lipinski definition) is 2. The third-order valence-electron chi connectivity index (χ3n) is 3.49. The number of carbonyl (C=O) groups is 2. The van der Waals surface area contributed by atoms with Gasteiger partial charge in [-0.2, -0.15) is 0 Å². The zero-order chi connectivity index (χ0) is 15.0. The molecule has 0 bridgehead atoms. The smallest absolute Gasteiger partial charge is 0.233 e. The van der Waals surface area contributed by atoms with Crippen LogP contribution in [0, 0.1) is 0 Å². The first-order valence-electron chi connectivity index (χ1n) is 7.47. The molecule has 1 fully saturated rings. The molecule has 2 amide bonds. The minimum absolute atomic E-state index is 0.0320. The van der Waals surface area contributed by atoms with E-state index in [1.165, 1.54) is 0 Å². The fraction of sp³-hybridized carbons (Fsp3) is 0.857. The van der Waals surface area contributed by atoms with E-state index in [1.807, 2.05) is 4.90 Å². The molecule has 0 aromatic rings. The van der Waals surface area contributed by atoms with Crippen LogP contribution in [0.3, 0.4) is 0 Å². The maximum absolute atomic E-state index is 12.0. The predicted octanol–water partition coefficient (Wildman–Crippen LogP) is -0.345. The highest BCUT2D eigenvalue weighted by atomic mass is 16.2. The summed E-state index contributed by atoms with van der Waals surface area (Å²) >= 11 is 0. The van der Waals surface area contributed by atoms with Crippen LogP contribution in [0.15, 0.2) is 0 Å². The van der Waals surface area contributed by atoms with Crippen LogP contribution in [0.5, 0.6) is 0 Å². The Morgan fingerprint density at radius 1 is 1.15 bits per heavy atom. The second-order valence-corrected chi connectivity index (χ2v) is 5.54. The SMILES string of the molecule is CNC(=O)CN1CCN(C(=O)CCCNC(C)C)CC1. The third kappa shape index (κ3) is 6.34. The normalized spacial score (nSPS) is 16.5. The number of nitrogens with zero attached hydrogens (tertiary/aromatic N) is 2. The zero-order valence-electron chi connectivity index (χ0n) is 12.9. The number of nitrogens with one attached hydrogen (secondary N) is 2. The van der Waals surface area contributed by atoms with E-state index in [0.717, 1.165) is 39.1 Å². The van der Waals surface area contributed by atoms with Crippen molar-refractivity contribution in [1.82, 2.24) is 20.4 Å². The molecule has 0 aromatic carbocycles. The Morgan fingerprint density at radius 3 is 2.35 bits per heavy atom. The molecular weight excluding hydrogens is 256 g/mol. The molecule has 0 spiro atoms. The van der Waals surface area contributed by atoms with Gasteiger partial charge in [-0.05, 0) is 13.0 Å². The van der Waals surface area contributed by atoms with Gasteiger partial charge in [0.1, 0.15) is 0 Å². The summed E-state index contributed by atoms with van der Waals surface area (Å²) in [6, 6.07) is 0.471. The Morgan fingerprint density at radius 2 is 1.80 bits per heavy atom. The zero-order valence-corrected chi connectivity index (χ0v) is 12.9. The van der Waals surface area contributed by atoms with Crippen molar-refractivity contribution in [3.63, 3.8) is 0 Å². The van der Waals surface area contributed by atoms with Gasteiger partial charge in [0.2, 0.25) is 11.8 Å². The molecule has 0 atom stereocenters. The third-order valence-corrected chi connectivity index (χ3v) is 3.49. The number of carbonyl (C=O) groups excluding carboxylic acids is 2. The molecule has 2 N–H and O–H groups in total. The van der Waals surface area contributed by atoms with Crippen molar-refractivity contribution < 1.29 is 9.59 Å². The van der Waals surface area contributed by atoms with Gasteiger partial charge in [-0.1, -0.05) is 13.8 Å². The molecule has 20 heavy (non-hydrogen) atoms. The number of likely N-dealkylation sites (N-methyl/N-ethyl adjacent to an activating group) is 1. The average molecular weight is 284 g/mol. The molecule has 1 rings (SSSR count). The second-order valence-electron chi connectivity index (χ2n) is 5.54. The van der Waals surface area contributed by atoms with Crippen LogP contribution in [0.2, 0.25) is 0 Å². The van der Waals surface area contributed by atoms with Gasteiger partial charge in [0.15, 0.2) is 0 Å². The van der Waals surface area contributed by atoms with Gasteiger partial charge < -0.3 is 15.5 Å². The van der Waals surface area contributed by atoms with Gasteiger partial charge in [0, 0.05) is 45.7 Å². The summed E-state index contributed by atoms with van der Waals surface area (Å²) in [5, 5.41) is 5.94. The Kier molecular flexibility index (Phi) is 7.54. The van der Waals surface area contributed by atoms with Crippen LogP contribution in [-0.2, 0) is 9.59 Å². The number of piperazine rings is 1. The molecule has 6 nitrogen and oxygen atoms in total. The highest BCUT2D eigenvalue weighted by Crippen LogP contribution is 2.04. The molecule has 0 saturated carbocycles. The summed E-state index contributed by atoms with van der Waals surface area (Å²) in [5.41, 5.74) is 0. The van der Waals surface area contributed by atoms with Gasteiger partial charge >= 0.3 is 0 Å². The van der Waals surface area contributed by atoms with Crippen LogP contribution in [0.1, 0.15) is 26.7 Å². The summed E-state index contributed by atoms with van der Waals surface area (Å²) in [6.45, 7) is 8.55. The standard InChI is InChI=1S/C14H28N4O2/c1-12(2)16-6-4-5-14(20)18-9-7-17(8-10-18)11-13(19)15-3/h12,16H,4-11H2,1-3H3,(H,15,19).